The predicted molar refractivity (Wildman–Crippen MR) is 180 cm³/mol. The maximum absolute atomic E-state index is 12.6. The third-order valence-corrected chi connectivity index (χ3v) is 8.06. The number of ether oxygens (including phenoxy) is 2. The number of aromatic nitrogens is 1. The summed E-state index contributed by atoms with van der Waals surface area (Å²) >= 11 is 1.72. The topological polar surface area (TPSA) is 96.4 Å². The van der Waals surface area contributed by atoms with E-state index < -0.39 is 23.4 Å². The van der Waals surface area contributed by atoms with Crippen molar-refractivity contribution in [2.75, 3.05) is 26.2 Å². The lowest BCUT2D eigenvalue weighted by Crippen LogP contribution is -2.54. The van der Waals surface area contributed by atoms with Gasteiger partial charge in [-0.2, -0.15) is 0 Å². The normalized spacial score (nSPS) is 15.3. The molecule has 236 valence electrons. The number of hydrogen-bond acceptors (Lipinski definition) is 7. The number of piperazine rings is 1. The summed E-state index contributed by atoms with van der Waals surface area (Å²) in [5, 5.41) is 3.67. The van der Waals surface area contributed by atoms with Crippen molar-refractivity contribution in [3.05, 3.63) is 89.6 Å². The highest BCUT2D eigenvalue weighted by Crippen LogP contribution is 2.40. The Morgan fingerprint density at radius 1 is 0.889 bits per heavy atom. The van der Waals surface area contributed by atoms with Gasteiger partial charge in [-0.25, -0.2) is 14.6 Å². The van der Waals surface area contributed by atoms with Crippen molar-refractivity contribution in [3.8, 4) is 0 Å². The molecule has 1 unspecified atom stereocenters. The summed E-state index contributed by atoms with van der Waals surface area (Å²) in [6.07, 6.45) is 0.372. The summed E-state index contributed by atoms with van der Waals surface area (Å²) < 4.78 is 10.8. The van der Waals surface area contributed by atoms with Gasteiger partial charge in [-0.1, -0.05) is 77.9 Å². The third-order valence-electron chi connectivity index (χ3n) is 6.69. The molecule has 0 bridgehead atoms. The smallest absolute Gasteiger partial charge is 0.437 e. The molecule has 1 fully saturated rings. The third kappa shape index (κ3) is 10.9. The molecular weight excluding hydrogens is 585 g/mol. The van der Waals surface area contributed by atoms with Crippen LogP contribution in [0.5, 0.6) is 0 Å². The summed E-state index contributed by atoms with van der Waals surface area (Å²) in [7, 11) is 5.99. The van der Waals surface area contributed by atoms with E-state index in [1.807, 2.05) is 35.4 Å². The van der Waals surface area contributed by atoms with Gasteiger partial charge in [-0.3, -0.25) is 10.2 Å². The first-order chi connectivity index (χ1) is 21.3. The quantitative estimate of drug-likeness (QED) is 0.161. The molecule has 0 spiro atoms. The first-order valence-corrected chi connectivity index (χ1v) is 15.9. The minimum Gasteiger partial charge on any atom is -0.444 e. The van der Waals surface area contributed by atoms with Gasteiger partial charge in [0.25, 0.3) is 0 Å². The second kappa shape index (κ2) is 15.0. The summed E-state index contributed by atoms with van der Waals surface area (Å²) in [6.45, 7) is 13.8. The summed E-state index contributed by atoms with van der Waals surface area (Å²) in [6, 6.07) is 22.5. The molecule has 1 aliphatic heterocycles. The number of hydrogen-bond donors (Lipinski definition) is 1. The summed E-state index contributed by atoms with van der Waals surface area (Å²) in [5.41, 5.74) is 2.78. The minimum atomic E-state index is -0.776. The fraction of sp³-hybridized carbons (Fsp3) is 0.412. The molecule has 1 aliphatic rings. The monoisotopic (exact) mass is 627 g/mol. The number of pyridine rings is 1. The SMILES string of the molecule is [B]c1ccc(C(Sc2ncccc2CN2CCN(C(=NC(=O)OC(C)(C)C)NC(=O)OC(C)(C)C)CC2)c2ccccc2)cc1. The second-order valence-electron chi connectivity index (χ2n) is 12.8. The highest BCUT2D eigenvalue weighted by atomic mass is 32.2. The van der Waals surface area contributed by atoms with E-state index in [-0.39, 0.29) is 11.2 Å². The molecule has 9 nitrogen and oxygen atoms in total. The Morgan fingerprint density at radius 2 is 1.51 bits per heavy atom. The number of guanidine groups is 1. The van der Waals surface area contributed by atoms with E-state index in [0.717, 1.165) is 21.6 Å². The molecule has 0 aliphatic carbocycles. The van der Waals surface area contributed by atoms with Crippen LogP contribution in [0.1, 0.15) is 63.5 Å². The number of nitrogens with one attached hydrogen (secondary N) is 1. The van der Waals surface area contributed by atoms with Crippen LogP contribution in [0.25, 0.3) is 0 Å². The lowest BCUT2D eigenvalue weighted by molar-refractivity contribution is 0.0550. The fourth-order valence-electron chi connectivity index (χ4n) is 4.69. The number of nitrogens with zero attached hydrogens (tertiary/aromatic N) is 4. The molecule has 0 saturated carbocycles. The van der Waals surface area contributed by atoms with Gasteiger partial charge in [0.15, 0.2) is 0 Å². The Morgan fingerprint density at radius 3 is 2.13 bits per heavy atom. The molecular formula is C34H42BN5O4S. The van der Waals surface area contributed by atoms with Crippen LogP contribution in [0.2, 0.25) is 0 Å². The van der Waals surface area contributed by atoms with Crippen LogP contribution in [0, 0.1) is 0 Å². The van der Waals surface area contributed by atoms with Crippen molar-refractivity contribution < 1.29 is 19.1 Å². The zero-order valence-corrected chi connectivity index (χ0v) is 27.8. The van der Waals surface area contributed by atoms with Crippen molar-refractivity contribution in [2.45, 2.75) is 69.6 Å². The zero-order valence-electron chi connectivity index (χ0n) is 26.9. The van der Waals surface area contributed by atoms with Crippen LogP contribution in [-0.2, 0) is 16.0 Å². The van der Waals surface area contributed by atoms with Gasteiger partial charge in [0.05, 0.1) is 5.25 Å². The van der Waals surface area contributed by atoms with Crippen molar-refractivity contribution in [3.63, 3.8) is 0 Å². The first kappa shape index (κ1) is 34.1. The van der Waals surface area contributed by atoms with Gasteiger partial charge in [-0.05, 0) is 64.3 Å². The number of rotatable bonds is 6. The van der Waals surface area contributed by atoms with Gasteiger partial charge in [-0.15, -0.1) is 4.99 Å². The molecule has 3 aromatic rings. The average molecular weight is 628 g/mol. The fourth-order valence-corrected chi connectivity index (χ4v) is 5.91. The number of aliphatic imine (C=N–C) groups is 1. The van der Waals surface area contributed by atoms with Gasteiger partial charge in [0, 0.05) is 38.9 Å². The molecule has 1 N–H and O–H groups in total. The van der Waals surface area contributed by atoms with E-state index in [2.05, 4.69) is 57.7 Å². The first-order valence-electron chi connectivity index (χ1n) is 15.1. The van der Waals surface area contributed by atoms with Gasteiger partial charge >= 0.3 is 12.2 Å². The van der Waals surface area contributed by atoms with Crippen LogP contribution >= 0.6 is 11.8 Å². The highest BCUT2D eigenvalue weighted by Gasteiger charge is 2.27. The van der Waals surface area contributed by atoms with Crippen LogP contribution in [0.3, 0.4) is 0 Å². The maximum atomic E-state index is 12.6. The molecule has 45 heavy (non-hydrogen) atoms. The van der Waals surface area contributed by atoms with E-state index in [9.17, 15) is 9.59 Å². The lowest BCUT2D eigenvalue weighted by Gasteiger charge is -2.36. The van der Waals surface area contributed by atoms with E-state index in [4.69, 9.17) is 22.3 Å². The average Bonchev–Trinajstić information content (AvgIpc) is 2.96. The number of benzene rings is 2. The number of carbonyl (C=O) groups is 2. The molecule has 1 atom stereocenters. The lowest BCUT2D eigenvalue weighted by atomic mass is 9.94. The molecule has 2 amide bonds. The van der Waals surface area contributed by atoms with Crippen molar-refractivity contribution in [1.29, 1.82) is 0 Å². The van der Waals surface area contributed by atoms with Crippen molar-refractivity contribution in [2.24, 2.45) is 4.99 Å². The van der Waals surface area contributed by atoms with Crippen LogP contribution in [-0.4, -0.2) is 78.2 Å². The molecule has 1 aromatic heterocycles. The Kier molecular flexibility index (Phi) is 11.3. The van der Waals surface area contributed by atoms with E-state index in [1.54, 1.807) is 53.3 Å². The van der Waals surface area contributed by atoms with Gasteiger partial charge < -0.3 is 14.4 Å². The molecule has 11 heteroatoms. The number of carbonyl (C=O) groups excluding carboxylic acids is 2. The van der Waals surface area contributed by atoms with Crippen LogP contribution < -0.4 is 10.8 Å². The molecule has 2 aromatic carbocycles. The minimum absolute atomic E-state index is 0.0443. The van der Waals surface area contributed by atoms with E-state index >= 15 is 0 Å². The molecule has 1 saturated heterocycles. The Labute approximate surface area is 272 Å². The van der Waals surface area contributed by atoms with Crippen molar-refractivity contribution in [1.82, 2.24) is 20.1 Å². The molecule has 4 rings (SSSR count). The van der Waals surface area contributed by atoms with E-state index in [0.29, 0.717) is 32.7 Å². The van der Waals surface area contributed by atoms with Crippen LogP contribution in [0.15, 0.2) is 82.9 Å². The van der Waals surface area contributed by atoms with Crippen LogP contribution in [0.4, 0.5) is 9.59 Å². The Balaban J connectivity index is 1.47. The predicted octanol–water partition coefficient (Wildman–Crippen LogP) is 5.69. The summed E-state index contributed by atoms with van der Waals surface area (Å²) in [5.74, 6) is 0.116. The number of thioether (sulfide) groups is 1. The summed E-state index contributed by atoms with van der Waals surface area (Å²) in [4.78, 5) is 38.3. The van der Waals surface area contributed by atoms with Crippen molar-refractivity contribution >= 4 is 43.2 Å². The Bertz CT molecular complexity index is 1460. The maximum Gasteiger partial charge on any atom is 0.437 e. The van der Waals surface area contributed by atoms with E-state index in [1.165, 1.54) is 5.56 Å². The zero-order chi connectivity index (χ0) is 32.6. The van der Waals surface area contributed by atoms with Gasteiger partial charge in [0.1, 0.15) is 24.1 Å². The molecule has 2 radical (unpaired) electrons. The molecule has 2 heterocycles. The highest BCUT2D eigenvalue weighted by molar-refractivity contribution is 7.99. The van der Waals surface area contributed by atoms with Gasteiger partial charge in [0.2, 0.25) is 5.96 Å². The Hall–Kier alpha value is -3.83. The number of alkyl carbamates (subject to hydrolysis) is 1. The number of amides is 2. The largest absolute Gasteiger partial charge is 0.444 e. The second-order valence-corrected chi connectivity index (χ2v) is 13.9. The standard InChI is InChI=1S/C34H42BN5O4S/c1-33(2,3)43-31(41)37-30(38-32(42)44-34(4,5)6)40-21-19-39(20-22-40)23-26-13-10-18-36-29(26)45-28(24-11-8-7-9-12-24)25-14-16-27(35)17-15-25/h7-18,28H,19-23H2,1-6H3,(H,37,38,41,42).